The molecule has 0 aliphatic carbocycles. The van der Waals surface area contributed by atoms with E-state index in [9.17, 15) is 24.1 Å². The Bertz CT molecular complexity index is 2070. The molecule has 10 nitrogen and oxygen atoms in total. The van der Waals surface area contributed by atoms with Crippen molar-refractivity contribution in [1.82, 2.24) is 19.8 Å². The predicted molar refractivity (Wildman–Crippen MR) is 181 cm³/mol. The summed E-state index contributed by atoms with van der Waals surface area (Å²) < 4.78 is 36.0. The minimum absolute atomic E-state index is 0.106. The molecule has 48 heavy (non-hydrogen) atoms. The number of fused-ring (bicyclic) bond motifs is 3. The van der Waals surface area contributed by atoms with E-state index in [4.69, 9.17) is 20.4 Å². The second-order valence-corrected chi connectivity index (χ2v) is 14.0. The Morgan fingerprint density at radius 2 is 2.08 bits per heavy atom. The van der Waals surface area contributed by atoms with Crippen molar-refractivity contribution in [1.29, 1.82) is 10.5 Å². The summed E-state index contributed by atoms with van der Waals surface area (Å²) in [4.78, 5) is 28.2. The SMILES string of the molecule is C=CC(=O)N1CCC(N(C)c2nc(OCC34CCCN3CC(F)C4)nc3cc(-c4ccc(F)c5sc(N)c(C#N)c45)c(C#N)cc23)C1C. The smallest absolute Gasteiger partial charge is 0.319 e. The second kappa shape index (κ2) is 12.0. The molecule has 2 aromatic carbocycles. The molecule has 0 radical (unpaired) electrons. The summed E-state index contributed by atoms with van der Waals surface area (Å²) in [5, 5.41) is 21.4. The standard InChI is InChI=1S/C35H34F2N8O2S/c1-4-29(46)45-11-8-28(19(45)2)43(3)33-24-12-20(15-38)23(22-6-7-26(37)31-30(22)25(16-39)32(40)48-31)13-27(24)41-34(42-33)47-18-35-9-5-10-44(35)17-21(36)14-35/h4,6-7,12-13,19,21,28H,1,5,8-11,14,17-18,40H2,2-3H3. The second-order valence-electron chi connectivity index (χ2n) is 12.9. The van der Waals surface area contributed by atoms with Crippen LogP contribution in [0, 0.1) is 28.5 Å². The fraction of sp³-hybridized carbons (Fsp3) is 0.400. The lowest BCUT2D eigenvalue weighted by Crippen LogP contribution is -2.44. The number of nitrogens with zero attached hydrogens (tertiary/aromatic N) is 7. The minimum Gasteiger partial charge on any atom is -0.461 e. The molecule has 4 atom stereocenters. The van der Waals surface area contributed by atoms with Gasteiger partial charge in [0.1, 0.15) is 35.5 Å². The molecule has 0 spiro atoms. The lowest BCUT2D eigenvalue weighted by molar-refractivity contribution is -0.126. The third-order valence-electron chi connectivity index (χ3n) is 10.4. The summed E-state index contributed by atoms with van der Waals surface area (Å²) in [6, 6.07) is 10.5. The highest BCUT2D eigenvalue weighted by Gasteiger charge is 2.49. The number of hydrogen-bond donors (Lipinski definition) is 1. The molecule has 0 bridgehead atoms. The van der Waals surface area contributed by atoms with Crippen LogP contribution in [0.4, 0.5) is 19.6 Å². The Labute approximate surface area is 280 Å². The number of likely N-dealkylation sites (tertiary alicyclic amines) is 1. The number of carbonyl (C=O) groups is 1. The maximum Gasteiger partial charge on any atom is 0.319 e. The van der Waals surface area contributed by atoms with Crippen molar-refractivity contribution >= 4 is 49.1 Å². The number of halogens is 2. The fourth-order valence-corrected chi connectivity index (χ4v) is 8.94. The van der Waals surface area contributed by atoms with Gasteiger partial charge in [-0.05, 0) is 62.6 Å². The van der Waals surface area contributed by atoms with Crippen molar-refractivity contribution < 1.29 is 18.3 Å². The van der Waals surface area contributed by atoms with Crippen LogP contribution >= 0.6 is 11.3 Å². The summed E-state index contributed by atoms with van der Waals surface area (Å²) in [5.74, 6) is -0.142. The van der Waals surface area contributed by atoms with Crippen LogP contribution in [0.5, 0.6) is 6.01 Å². The highest BCUT2D eigenvalue weighted by atomic mass is 32.1. The number of aromatic nitrogens is 2. The number of hydrogen-bond acceptors (Lipinski definition) is 10. The van der Waals surface area contributed by atoms with Crippen molar-refractivity contribution in [3.8, 4) is 29.3 Å². The summed E-state index contributed by atoms with van der Waals surface area (Å²) in [6.45, 7) is 7.61. The molecule has 246 valence electrons. The van der Waals surface area contributed by atoms with Gasteiger partial charge in [-0.3, -0.25) is 9.69 Å². The number of amides is 1. The number of likely N-dealkylation sites (N-methyl/N-ethyl adjacent to an activating group) is 1. The van der Waals surface area contributed by atoms with Crippen LogP contribution in [0.25, 0.3) is 32.1 Å². The van der Waals surface area contributed by atoms with E-state index in [2.05, 4.69) is 23.6 Å². The Morgan fingerprint density at radius 3 is 2.83 bits per heavy atom. The van der Waals surface area contributed by atoms with Gasteiger partial charge in [0.05, 0.1) is 39.0 Å². The number of nitriles is 2. The number of nitrogen functional groups attached to an aromatic ring is 1. The van der Waals surface area contributed by atoms with E-state index in [1.54, 1.807) is 23.1 Å². The van der Waals surface area contributed by atoms with Gasteiger partial charge in [0, 0.05) is 48.9 Å². The number of carbonyl (C=O) groups excluding carboxylic acids is 1. The van der Waals surface area contributed by atoms with Crippen LogP contribution in [0.15, 0.2) is 36.9 Å². The van der Waals surface area contributed by atoms with E-state index in [1.807, 2.05) is 18.9 Å². The summed E-state index contributed by atoms with van der Waals surface area (Å²) in [6.07, 6.45) is 3.26. The summed E-state index contributed by atoms with van der Waals surface area (Å²) >= 11 is 0.989. The zero-order valence-electron chi connectivity index (χ0n) is 26.7. The van der Waals surface area contributed by atoms with Gasteiger partial charge >= 0.3 is 6.01 Å². The Hall–Kier alpha value is -4.85. The average Bonchev–Trinajstić information content (AvgIpc) is 3.82. The van der Waals surface area contributed by atoms with E-state index in [1.165, 1.54) is 12.1 Å². The van der Waals surface area contributed by atoms with E-state index in [0.717, 1.165) is 30.7 Å². The maximum atomic E-state index is 14.9. The largest absolute Gasteiger partial charge is 0.461 e. The van der Waals surface area contributed by atoms with Gasteiger partial charge in [0.2, 0.25) is 5.91 Å². The third-order valence-corrected chi connectivity index (χ3v) is 11.4. The Balaban J connectivity index is 1.38. The normalized spacial score (nSPS) is 23.7. The highest BCUT2D eigenvalue weighted by Crippen LogP contribution is 2.44. The monoisotopic (exact) mass is 668 g/mol. The Morgan fingerprint density at radius 1 is 1.27 bits per heavy atom. The molecule has 3 aliphatic rings. The van der Waals surface area contributed by atoms with E-state index < -0.39 is 17.5 Å². The van der Waals surface area contributed by atoms with Crippen LogP contribution in [0.1, 0.15) is 43.7 Å². The zero-order valence-corrected chi connectivity index (χ0v) is 27.5. The number of nitrogens with two attached hydrogens (primary N) is 1. The molecule has 5 heterocycles. The van der Waals surface area contributed by atoms with Crippen LogP contribution in [-0.2, 0) is 4.79 Å². The number of ether oxygens (including phenoxy) is 1. The van der Waals surface area contributed by atoms with E-state index >= 15 is 0 Å². The Kier molecular flexibility index (Phi) is 7.93. The number of benzene rings is 2. The molecule has 13 heteroatoms. The van der Waals surface area contributed by atoms with Gasteiger partial charge in [-0.1, -0.05) is 12.6 Å². The summed E-state index contributed by atoms with van der Waals surface area (Å²) in [7, 11) is 1.90. The maximum absolute atomic E-state index is 14.9. The van der Waals surface area contributed by atoms with Crippen molar-refractivity contribution in [2.75, 3.05) is 43.9 Å². The van der Waals surface area contributed by atoms with Gasteiger partial charge in [-0.15, -0.1) is 11.3 Å². The molecule has 3 aliphatic heterocycles. The number of alkyl halides is 1. The van der Waals surface area contributed by atoms with Crippen molar-refractivity contribution in [2.24, 2.45) is 0 Å². The first-order valence-corrected chi connectivity index (χ1v) is 16.8. The van der Waals surface area contributed by atoms with Crippen LogP contribution < -0.4 is 15.4 Å². The highest BCUT2D eigenvalue weighted by molar-refractivity contribution is 7.23. The number of anilines is 2. The molecule has 3 fully saturated rings. The molecule has 0 saturated carbocycles. The van der Waals surface area contributed by atoms with Gasteiger partial charge in [-0.25, -0.2) is 8.78 Å². The van der Waals surface area contributed by atoms with Crippen molar-refractivity contribution in [3.05, 3.63) is 53.9 Å². The van der Waals surface area contributed by atoms with Gasteiger partial charge < -0.3 is 20.3 Å². The molecule has 7 rings (SSSR count). The molecular weight excluding hydrogens is 635 g/mol. The molecule has 4 aromatic rings. The molecule has 2 N–H and O–H groups in total. The van der Waals surface area contributed by atoms with Crippen LogP contribution in [-0.4, -0.2) is 82.8 Å². The van der Waals surface area contributed by atoms with Gasteiger partial charge in [0.25, 0.3) is 0 Å². The molecule has 4 unspecified atom stereocenters. The summed E-state index contributed by atoms with van der Waals surface area (Å²) in [5.41, 5.74) is 7.53. The van der Waals surface area contributed by atoms with E-state index in [-0.39, 0.29) is 51.4 Å². The number of rotatable bonds is 7. The average molecular weight is 669 g/mol. The topological polar surface area (TPSA) is 135 Å². The molecule has 3 saturated heterocycles. The van der Waals surface area contributed by atoms with E-state index in [0.29, 0.717) is 59.2 Å². The molecule has 2 aromatic heterocycles. The number of thiophene rings is 1. The van der Waals surface area contributed by atoms with Crippen LogP contribution in [0.2, 0.25) is 0 Å². The van der Waals surface area contributed by atoms with Crippen molar-refractivity contribution in [3.63, 3.8) is 0 Å². The third kappa shape index (κ3) is 5.00. The quantitative estimate of drug-likeness (QED) is 0.252. The first-order chi connectivity index (χ1) is 23.1. The minimum atomic E-state index is -0.915. The van der Waals surface area contributed by atoms with Crippen molar-refractivity contribution in [2.45, 2.75) is 56.4 Å². The van der Waals surface area contributed by atoms with Gasteiger partial charge in [-0.2, -0.15) is 20.5 Å². The first kappa shape index (κ1) is 31.7. The predicted octanol–water partition coefficient (Wildman–Crippen LogP) is 5.54. The molecule has 1 amide bonds. The first-order valence-electron chi connectivity index (χ1n) is 15.9. The lowest BCUT2D eigenvalue weighted by Gasteiger charge is -2.33. The zero-order chi connectivity index (χ0) is 33.9. The fourth-order valence-electron chi connectivity index (χ4n) is 7.99. The van der Waals surface area contributed by atoms with Gasteiger partial charge in [0.15, 0.2) is 0 Å². The lowest BCUT2D eigenvalue weighted by atomic mass is 9.94. The van der Waals surface area contributed by atoms with Crippen LogP contribution in [0.3, 0.4) is 0 Å². The molecular formula is C35H34F2N8O2S.